The molecule has 13 heteroatoms. The Morgan fingerprint density at radius 3 is 1.12 bits per heavy atom. The van der Waals surface area contributed by atoms with Gasteiger partial charge in [0.15, 0.2) is 0 Å². The van der Waals surface area contributed by atoms with E-state index in [4.69, 9.17) is 43.5 Å². The van der Waals surface area contributed by atoms with Crippen molar-refractivity contribution in [3.05, 3.63) is 71.3 Å². The number of anilines is 3. The molecule has 34 heavy (non-hydrogen) atoms. The van der Waals surface area contributed by atoms with Crippen LogP contribution in [0.4, 0.5) is 17.1 Å². The zero-order valence-corrected chi connectivity index (χ0v) is 17.5. The minimum Gasteiger partial charge on any atom is -0.507 e. The lowest BCUT2D eigenvalue weighted by Gasteiger charge is -2.02. The molecule has 0 radical (unpaired) electrons. The van der Waals surface area contributed by atoms with Gasteiger partial charge in [-0.05, 0) is 36.4 Å². The minimum atomic E-state index is -1.16. The molecule has 0 atom stereocenters. The summed E-state index contributed by atoms with van der Waals surface area (Å²) < 4.78 is 0. The molecule has 180 valence electrons. The fraction of sp³-hybridized carbons (Fsp3) is 0. The number of carbonyl (C=O) groups is 3. The van der Waals surface area contributed by atoms with Crippen molar-refractivity contribution in [3.8, 4) is 17.2 Å². The summed E-state index contributed by atoms with van der Waals surface area (Å²) in [5.74, 6) is 1.19. The molecular weight excluding hydrogens is 450 g/mol. The standard InChI is InChI=1S/C7H9N3O2.2C7H7NO3/c8-4-1-2-5(6(11)3-4)7(12)10-9;2*8-4-1-2-5(7(10)11)6(9)3-4/h1-3,11H,8-9H2,(H,10,12);2*1-3,9H,8H2,(H,10,11). The second-order valence-corrected chi connectivity index (χ2v) is 6.41. The predicted molar refractivity (Wildman–Crippen MR) is 123 cm³/mol. The van der Waals surface area contributed by atoms with Gasteiger partial charge in [-0.3, -0.25) is 10.2 Å². The molecule has 0 saturated carbocycles. The van der Waals surface area contributed by atoms with Crippen molar-refractivity contribution >= 4 is 34.9 Å². The number of carboxylic acids is 2. The van der Waals surface area contributed by atoms with Gasteiger partial charge in [0.05, 0.1) is 5.56 Å². The highest BCUT2D eigenvalue weighted by Crippen LogP contribution is 2.21. The van der Waals surface area contributed by atoms with Gasteiger partial charge < -0.3 is 42.7 Å². The maximum absolute atomic E-state index is 10.9. The Hall–Kier alpha value is -5.17. The van der Waals surface area contributed by atoms with E-state index in [1.54, 1.807) is 0 Å². The molecule has 3 rings (SSSR count). The topological polar surface area (TPSA) is 268 Å². The summed E-state index contributed by atoms with van der Waals surface area (Å²) >= 11 is 0. The quantitative estimate of drug-likeness (QED) is 0.110. The average molecular weight is 473 g/mol. The van der Waals surface area contributed by atoms with E-state index in [1.165, 1.54) is 54.6 Å². The lowest BCUT2D eigenvalue weighted by atomic mass is 10.2. The fourth-order valence-electron chi connectivity index (χ4n) is 2.28. The second kappa shape index (κ2) is 12.0. The Bertz CT molecular complexity index is 1140. The van der Waals surface area contributed by atoms with Crippen LogP contribution in [-0.2, 0) is 0 Å². The number of nitrogens with two attached hydrogens (primary N) is 4. The molecule has 0 aliphatic carbocycles. The number of phenols is 3. The number of nitrogens with one attached hydrogen (secondary N) is 1. The van der Waals surface area contributed by atoms with Crippen LogP contribution in [0.25, 0.3) is 0 Å². The Labute approximate surface area is 192 Å². The normalized spacial score (nSPS) is 9.44. The molecule has 14 N–H and O–H groups in total. The predicted octanol–water partition coefficient (Wildman–Crippen LogP) is 0.923. The van der Waals surface area contributed by atoms with Crippen molar-refractivity contribution in [1.82, 2.24) is 5.43 Å². The summed E-state index contributed by atoms with van der Waals surface area (Å²) in [5, 5.41) is 44.1. The number of nitrogen functional groups attached to an aromatic ring is 4. The molecule has 13 nitrogen and oxygen atoms in total. The van der Waals surface area contributed by atoms with Crippen LogP contribution >= 0.6 is 0 Å². The molecule has 1 amide bonds. The third-order valence-electron chi connectivity index (χ3n) is 3.90. The summed E-state index contributed by atoms with van der Waals surface area (Å²) in [5.41, 5.74) is 18.7. The molecule has 0 bridgehead atoms. The van der Waals surface area contributed by atoms with Gasteiger partial charge in [-0.25, -0.2) is 15.4 Å². The van der Waals surface area contributed by atoms with E-state index in [2.05, 4.69) is 0 Å². The Morgan fingerprint density at radius 1 is 0.588 bits per heavy atom. The number of carboxylic acid groups (broad SMARTS) is 2. The highest BCUT2D eigenvalue weighted by atomic mass is 16.4. The van der Waals surface area contributed by atoms with Crippen molar-refractivity contribution < 1.29 is 39.9 Å². The highest BCUT2D eigenvalue weighted by molar-refractivity contribution is 5.96. The van der Waals surface area contributed by atoms with E-state index in [9.17, 15) is 19.5 Å². The molecule has 0 saturated heterocycles. The number of hydrazine groups is 1. The summed E-state index contributed by atoms with van der Waals surface area (Å²) in [4.78, 5) is 31.6. The molecule has 0 fully saturated rings. The minimum absolute atomic E-state index is 0.103. The molecule has 0 aliphatic heterocycles. The largest absolute Gasteiger partial charge is 0.507 e. The first-order chi connectivity index (χ1) is 15.9. The Morgan fingerprint density at radius 2 is 0.882 bits per heavy atom. The zero-order valence-electron chi connectivity index (χ0n) is 17.5. The molecule has 0 aliphatic rings. The number of hydrogen-bond donors (Lipinski definition) is 10. The van der Waals surface area contributed by atoms with Crippen molar-refractivity contribution in [2.24, 2.45) is 5.84 Å². The van der Waals surface area contributed by atoms with Crippen LogP contribution < -0.4 is 28.5 Å². The number of phenolic OH excluding ortho intramolecular Hbond substituents is 1. The van der Waals surface area contributed by atoms with Crippen LogP contribution in [0.1, 0.15) is 31.1 Å². The third-order valence-corrected chi connectivity index (χ3v) is 3.90. The molecule has 0 heterocycles. The van der Waals surface area contributed by atoms with Crippen LogP contribution in [0, 0.1) is 0 Å². The molecular formula is C21H23N5O8. The summed E-state index contributed by atoms with van der Waals surface area (Å²) in [6, 6.07) is 11.9. The van der Waals surface area contributed by atoms with Gasteiger partial charge in [-0.15, -0.1) is 0 Å². The zero-order chi connectivity index (χ0) is 26.0. The van der Waals surface area contributed by atoms with E-state index < -0.39 is 17.8 Å². The number of rotatable bonds is 3. The van der Waals surface area contributed by atoms with E-state index in [0.29, 0.717) is 17.1 Å². The number of benzene rings is 3. The Kier molecular flexibility index (Phi) is 9.50. The second-order valence-electron chi connectivity index (χ2n) is 6.41. The van der Waals surface area contributed by atoms with Crippen molar-refractivity contribution in [3.63, 3.8) is 0 Å². The maximum atomic E-state index is 10.9. The van der Waals surface area contributed by atoms with Crippen LogP contribution in [0.3, 0.4) is 0 Å². The summed E-state index contributed by atoms with van der Waals surface area (Å²) in [6.07, 6.45) is 0. The van der Waals surface area contributed by atoms with Gasteiger partial charge in [0, 0.05) is 35.3 Å². The van der Waals surface area contributed by atoms with E-state index in [1.807, 2.05) is 5.43 Å². The molecule has 3 aromatic carbocycles. The molecule has 0 unspecified atom stereocenters. The first-order valence-corrected chi connectivity index (χ1v) is 9.10. The summed E-state index contributed by atoms with van der Waals surface area (Å²) in [7, 11) is 0. The molecule has 0 spiro atoms. The number of aromatic hydroxyl groups is 3. The van der Waals surface area contributed by atoms with Gasteiger partial charge in [0.25, 0.3) is 5.91 Å². The van der Waals surface area contributed by atoms with Gasteiger partial charge in [0.1, 0.15) is 28.4 Å². The first-order valence-electron chi connectivity index (χ1n) is 9.10. The average Bonchev–Trinajstić information content (AvgIpc) is 2.73. The number of amides is 1. The number of hydrogen-bond acceptors (Lipinski definition) is 10. The SMILES string of the molecule is NNC(=O)c1ccc(N)cc1O.Nc1ccc(C(=O)O)c(O)c1.Nc1ccc(C(=O)O)c(O)c1. The van der Waals surface area contributed by atoms with Crippen molar-refractivity contribution in [2.45, 2.75) is 0 Å². The van der Waals surface area contributed by atoms with Crippen LogP contribution in [0.2, 0.25) is 0 Å². The fourth-order valence-corrected chi connectivity index (χ4v) is 2.28. The van der Waals surface area contributed by atoms with E-state index in [0.717, 1.165) is 0 Å². The first kappa shape index (κ1) is 26.9. The van der Waals surface area contributed by atoms with Gasteiger partial charge >= 0.3 is 11.9 Å². The van der Waals surface area contributed by atoms with Crippen LogP contribution in [0.5, 0.6) is 17.2 Å². The van der Waals surface area contributed by atoms with E-state index in [-0.39, 0.29) is 33.9 Å². The lowest BCUT2D eigenvalue weighted by Crippen LogP contribution is -2.29. The van der Waals surface area contributed by atoms with Crippen LogP contribution in [-0.4, -0.2) is 43.4 Å². The number of aromatic carboxylic acids is 2. The smallest absolute Gasteiger partial charge is 0.339 e. The third kappa shape index (κ3) is 7.82. The van der Waals surface area contributed by atoms with Gasteiger partial charge in [-0.1, -0.05) is 0 Å². The van der Waals surface area contributed by atoms with E-state index >= 15 is 0 Å². The Balaban J connectivity index is 0.000000255. The molecule has 3 aromatic rings. The van der Waals surface area contributed by atoms with Gasteiger partial charge in [0.2, 0.25) is 0 Å². The van der Waals surface area contributed by atoms with Gasteiger partial charge in [-0.2, -0.15) is 0 Å². The monoisotopic (exact) mass is 473 g/mol. The molecule has 0 aromatic heterocycles. The lowest BCUT2D eigenvalue weighted by molar-refractivity contribution is 0.0682. The highest BCUT2D eigenvalue weighted by Gasteiger charge is 2.09. The summed E-state index contributed by atoms with van der Waals surface area (Å²) in [6.45, 7) is 0. The maximum Gasteiger partial charge on any atom is 0.339 e. The van der Waals surface area contributed by atoms with Crippen LogP contribution in [0.15, 0.2) is 54.6 Å². The van der Waals surface area contributed by atoms with Crippen molar-refractivity contribution in [2.75, 3.05) is 17.2 Å². The number of carbonyl (C=O) groups excluding carboxylic acids is 1. The van der Waals surface area contributed by atoms with Crippen molar-refractivity contribution in [1.29, 1.82) is 0 Å².